The van der Waals surface area contributed by atoms with Gasteiger partial charge in [-0.3, -0.25) is 0 Å². The lowest BCUT2D eigenvalue weighted by atomic mass is 10.1. The van der Waals surface area contributed by atoms with E-state index in [4.69, 9.17) is 19.7 Å². The van der Waals surface area contributed by atoms with Crippen LogP contribution in [0, 0.1) is 0 Å². The predicted octanol–water partition coefficient (Wildman–Crippen LogP) is -2.57. The van der Waals surface area contributed by atoms with Gasteiger partial charge in [-0.1, -0.05) is 0 Å². The first-order chi connectivity index (χ1) is 6.11. The van der Waals surface area contributed by atoms with Crippen molar-refractivity contribution in [2.75, 3.05) is 13.7 Å². The van der Waals surface area contributed by atoms with Crippen molar-refractivity contribution < 1.29 is 29.9 Å². The van der Waals surface area contributed by atoms with Crippen molar-refractivity contribution in [1.29, 1.82) is 0 Å². The number of hydrogen-bond acceptors (Lipinski definition) is 6. The molecule has 0 aromatic heterocycles. The first-order valence-electron chi connectivity index (χ1n) is 3.95. The van der Waals surface area contributed by atoms with Crippen LogP contribution in [0.2, 0.25) is 0 Å². The zero-order valence-corrected chi connectivity index (χ0v) is 7.20. The maximum Gasteiger partial charge on any atom is 0.184 e. The standard InChI is InChI=1S/C7H14O6/c1-12-6-4(10)7(11)13-5(6)3(9)2-8/h3-11H,2H2,1H3. The van der Waals surface area contributed by atoms with E-state index in [1.165, 1.54) is 7.11 Å². The van der Waals surface area contributed by atoms with Crippen LogP contribution >= 0.6 is 0 Å². The molecule has 1 aliphatic heterocycles. The molecule has 5 atom stereocenters. The molecule has 1 rings (SSSR count). The van der Waals surface area contributed by atoms with Crippen molar-refractivity contribution in [3.8, 4) is 0 Å². The van der Waals surface area contributed by atoms with Crippen LogP contribution in [0.3, 0.4) is 0 Å². The van der Waals surface area contributed by atoms with Crippen molar-refractivity contribution in [2.45, 2.75) is 30.7 Å². The molecule has 0 aliphatic carbocycles. The third-order valence-corrected chi connectivity index (χ3v) is 2.09. The summed E-state index contributed by atoms with van der Waals surface area (Å²) in [4.78, 5) is 0. The van der Waals surface area contributed by atoms with Crippen LogP contribution in [0.15, 0.2) is 0 Å². The number of aliphatic hydroxyl groups excluding tert-OH is 4. The average Bonchev–Trinajstić information content (AvgIpc) is 2.42. The molecule has 1 aliphatic rings. The Morgan fingerprint density at radius 1 is 1.46 bits per heavy atom. The van der Waals surface area contributed by atoms with Gasteiger partial charge in [-0.15, -0.1) is 0 Å². The quantitative estimate of drug-likeness (QED) is 0.394. The van der Waals surface area contributed by atoms with Gasteiger partial charge in [0.05, 0.1) is 6.61 Å². The molecule has 1 heterocycles. The Hall–Kier alpha value is -0.240. The van der Waals surface area contributed by atoms with Crippen molar-refractivity contribution in [1.82, 2.24) is 0 Å². The smallest absolute Gasteiger partial charge is 0.184 e. The van der Waals surface area contributed by atoms with Crippen LogP contribution in [0.5, 0.6) is 0 Å². The van der Waals surface area contributed by atoms with Crippen LogP contribution in [-0.4, -0.2) is 64.8 Å². The molecule has 13 heavy (non-hydrogen) atoms. The van der Waals surface area contributed by atoms with Gasteiger partial charge < -0.3 is 29.9 Å². The molecular weight excluding hydrogens is 180 g/mol. The highest BCUT2D eigenvalue weighted by Gasteiger charge is 2.46. The number of hydrogen-bond donors (Lipinski definition) is 4. The molecule has 0 amide bonds. The first-order valence-corrected chi connectivity index (χ1v) is 3.95. The Labute approximate surface area is 75.3 Å². The van der Waals surface area contributed by atoms with Crippen molar-refractivity contribution in [2.24, 2.45) is 0 Å². The molecule has 78 valence electrons. The van der Waals surface area contributed by atoms with Crippen LogP contribution in [0.1, 0.15) is 0 Å². The minimum absolute atomic E-state index is 0.510. The number of rotatable bonds is 3. The van der Waals surface area contributed by atoms with Gasteiger partial charge in [0.1, 0.15) is 24.4 Å². The molecule has 0 bridgehead atoms. The zero-order chi connectivity index (χ0) is 10.0. The Bertz CT molecular complexity index is 163. The minimum Gasteiger partial charge on any atom is -0.394 e. The molecule has 0 aromatic rings. The van der Waals surface area contributed by atoms with Crippen molar-refractivity contribution in [3.05, 3.63) is 0 Å². The van der Waals surface area contributed by atoms with Gasteiger partial charge in [0, 0.05) is 7.11 Å². The molecule has 0 radical (unpaired) electrons. The van der Waals surface area contributed by atoms with E-state index < -0.39 is 37.3 Å². The highest BCUT2D eigenvalue weighted by Crippen LogP contribution is 2.24. The van der Waals surface area contributed by atoms with Gasteiger partial charge in [0.15, 0.2) is 6.29 Å². The molecule has 6 nitrogen and oxygen atoms in total. The molecular formula is C7H14O6. The summed E-state index contributed by atoms with van der Waals surface area (Å²) in [6, 6.07) is 0. The summed E-state index contributed by atoms with van der Waals surface area (Å²) in [5.41, 5.74) is 0. The normalized spacial score (nSPS) is 42.2. The lowest BCUT2D eigenvalue weighted by Crippen LogP contribution is -2.41. The summed E-state index contributed by atoms with van der Waals surface area (Å²) in [6.45, 7) is -0.510. The van der Waals surface area contributed by atoms with Crippen LogP contribution in [0.4, 0.5) is 0 Å². The van der Waals surface area contributed by atoms with Crippen molar-refractivity contribution >= 4 is 0 Å². The molecule has 0 saturated carbocycles. The summed E-state index contributed by atoms with van der Waals surface area (Å²) in [5.74, 6) is 0. The van der Waals surface area contributed by atoms with Crippen molar-refractivity contribution in [3.63, 3.8) is 0 Å². The SMILES string of the molecule is COC1C(O)C(O)OC1C(O)CO. The number of methoxy groups -OCH3 is 1. The van der Waals surface area contributed by atoms with Gasteiger partial charge >= 0.3 is 0 Å². The largest absolute Gasteiger partial charge is 0.394 e. The van der Waals surface area contributed by atoms with Gasteiger partial charge in [0.2, 0.25) is 0 Å². The van der Waals surface area contributed by atoms with E-state index in [0.717, 1.165) is 0 Å². The second-order valence-corrected chi connectivity index (χ2v) is 2.93. The fraction of sp³-hybridized carbons (Fsp3) is 1.00. The maximum atomic E-state index is 9.28. The summed E-state index contributed by atoms with van der Waals surface area (Å²) in [7, 11) is 1.33. The fourth-order valence-corrected chi connectivity index (χ4v) is 1.36. The van der Waals surface area contributed by atoms with E-state index in [1.807, 2.05) is 0 Å². The van der Waals surface area contributed by atoms with E-state index in [-0.39, 0.29) is 0 Å². The third kappa shape index (κ3) is 1.98. The minimum atomic E-state index is -1.38. The first kappa shape index (κ1) is 10.8. The number of aliphatic hydroxyl groups is 4. The summed E-state index contributed by atoms with van der Waals surface area (Å²) < 4.78 is 9.62. The average molecular weight is 194 g/mol. The molecule has 0 aromatic carbocycles. The second kappa shape index (κ2) is 4.32. The topological polar surface area (TPSA) is 99.4 Å². The lowest BCUT2D eigenvalue weighted by molar-refractivity contribution is -0.150. The van der Waals surface area contributed by atoms with Gasteiger partial charge in [0.25, 0.3) is 0 Å². The van der Waals surface area contributed by atoms with Crippen LogP contribution < -0.4 is 0 Å². The predicted molar refractivity (Wildman–Crippen MR) is 40.8 cm³/mol. The fourth-order valence-electron chi connectivity index (χ4n) is 1.36. The van der Waals surface area contributed by atoms with E-state index in [2.05, 4.69) is 0 Å². The van der Waals surface area contributed by atoms with Crippen LogP contribution in [-0.2, 0) is 9.47 Å². The van der Waals surface area contributed by atoms with Gasteiger partial charge in [-0.2, -0.15) is 0 Å². The van der Waals surface area contributed by atoms with E-state index in [0.29, 0.717) is 0 Å². The van der Waals surface area contributed by atoms with Gasteiger partial charge in [-0.25, -0.2) is 0 Å². The highest BCUT2D eigenvalue weighted by molar-refractivity contribution is 4.90. The summed E-state index contributed by atoms with van der Waals surface area (Å²) in [5, 5.41) is 36.2. The molecule has 5 unspecified atom stereocenters. The molecule has 6 heteroatoms. The Morgan fingerprint density at radius 2 is 2.08 bits per heavy atom. The van der Waals surface area contributed by atoms with Gasteiger partial charge in [-0.05, 0) is 0 Å². The van der Waals surface area contributed by atoms with E-state index in [1.54, 1.807) is 0 Å². The molecule has 4 N–H and O–H groups in total. The Kier molecular flexibility index (Phi) is 3.60. The zero-order valence-electron chi connectivity index (χ0n) is 7.20. The maximum absolute atomic E-state index is 9.28. The van der Waals surface area contributed by atoms with Crippen LogP contribution in [0.25, 0.3) is 0 Å². The lowest BCUT2D eigenvalue weighted by Gasteiger charge is -2.21. The Balaban J connectivity index is 2.64. The molecule has 0 spiro atoms. The molecule has 1 fully saturated rings. The highest BCUT2D eigenvalue weighted by atomic mass is 16.7. The summed E-state index contributed by atoms with van der Waals surface area (Å²) >= 11 is 0. The second-order valence-electron chi connectivity index (χ2n) is 2.93. The third-order valence-electron chi connectivity index (χ3n) is 2.09. The van der Waals surface area contributed by atoms with E-state index >= 15 is 0 Å². The summed E-state index contributed by atoms with van der Waals surface area (Å²) in [6.07, 6.45) is -5.47. The Morgan fingerprint density at radius 3 is 2.54 bits per heavy atom. The monoisotopic (exact) mass is 194 g/mol. The molecule has 1 saturated heterocycles. The van der Waals surface area contributed by atoms with E-state index in [9.17, 15) is 10.2 Å². The number of ether oxygens (including phenoxy) is 2.